The van der Waals surface area contributed by atoms with Gasteiger partial charge in [-0.15, -0.1) is 0 Å². The molecule has 0 bridgehead atoms. The van der Waals surface area contributed by atoms with Crippen molar-refractivity contribution in [3.63, 3.8) is 0 Å². The predicted molar refractivity (Wildman–Crippen MR) is 102 cm³/mol. The highest BCUT2D eigenvalue weighted by Crippen LogP contribution is 2.26. The maximum atomic E-state index is 12.4. The van der Waals surface area contributed by atoms with Crippen molar-refractivity contribution in [2.45, 2.75) is 12.8 Å². The number of hydrogen-bond acceptors (Lipinski definition) is 5. The van der Waals surface area contributed by atoms with Crippen LogP contribution in [0.25, 0.3) is 0 Å². The number of ether oxygens (including phenoxy) is 2. The summed E-state index contributed by atoms with van der Waals surface area (Å²) in [6.45, 7) is 0.981. The molecule has 0 radical (unpaired) electrons. The minimum Gasteiger partial charge on any atom is -0.497 e. The van der Waals surface area contributed by atoms with E-state index >= 15 is 0 Å². The fraction of sp³-hybridized carbons (Fsp3) is 0.300. The lowest BCUT2D eigenvalue weighted by atomic mass is 10.0. The SMILES string of the molecule is COc1ccc(OC)c(C(=O)NNC(=O)CN2CCCc3ccccc32)c1. The zero-order chi connectivity index (χ0) is 19.2. The van der Waals surface area contributed by atoms with Gasteiger partial charge in [0, 0.05) is 12.2 Å². The van der Waals surface area contributed by atoms with E-state index in [4.69, 9.17) is 9.47 Å². The Balaban J connectivity index is 1.61. The van der Waals surface area contributed by atoms with E-state index in [2.05, 4.69) is 16.9 Å². The summed E-state index contributed by atoms with van der Waals surface area (Å²) in [5, 5.41) is 0. The van der Waals surface area contributed by atoms with Crippen LogP contribution >= 0.6 is 0 Å². The van der Waals surface area contributed by atoms with Gasteiger partial charge in [0.1, 0.15) is 11.5 Å². The second-order valence-corrected chi connectivity index (χ2v) is 6.22. The molecule has 0 aromatic heterocycles. The van der Waals surface area contributed by atoms with Crippen molar-refractivity contribution in [1.82, 2.24) is 10.9 Å². The van der Waals surface area contributed by atoms with Crippen LogP contribution < -0.4 is 25.2 Å². The van der Waals surface area contributed by atoms with E-state index in [0.29, 0.717) is 11.5 Å². The fourth-order valence-corrected chi connectivity index (χ4v) is 3.17. The first-order chi connectivity index (χ1) is 13.1. The molecule has 7 heteroatoms. The maximum Gasteiger partial charge on any atom is 0.273 e. The number of benzene rings is 2. The van der Waals surface area contributed by atoms with Crippen molar-refractivity contribution in [2.75, 3.05) is 32.2 Å². The van der Waals surface area contributed by atoms with Crippen LogP contribution in [0, 0.1) is 0 Å². The van der Waals surface area contributed by atoms with Crippen molar-refractivity contribution in [3.8, 4) is 11.5 Å². The summed E-state index contributed by atoms with van der Waals surface area (Å²) in [5.74, 6) is 0.157. The number of nitrogens with zero attached hydrogens (tertiary/aromatic N) is 1. The maximum absolute atomic E-state index is 12.4. The molecule has 0 atom stereocenters. The Kier molecular flexibility index (Phi) is 5.80. The molecule has 2 amide bonds. The number of hydrogen-bond donors (Lipinski definition) is 2. The van der Waals surface area contributed by atoms with Gasteiger partial charge >= 0.3 is 0 Å². The lowest BCUT2D eigenvalue weighted by molar-refractivity contribution is -0.120. The summed E-state index contributed by atoms with van der Waals surface area (Å²) >= 11 is 0. The third-order valence-electron chi connectivity index (χ3n) is 4.51. The zero-order valence-corrected chi connectivity index (χ0v) is 15.5. The Morgan fingerprint density at radius 2 is 1.89 bits per heavy atom. The third-order valence-corrected chi connectivity index (χ3v) is 4.51. The number of methoxy groups -OCH3 is 2. The summed E-state index contributed by atoms with van der Waals surface area (Å²) in [4.78, 5) is 26.7. The van der Waals surface area contributed by atoms with Crippen LogP contribution in [0.4, 0.5) is 5.69 Å². The number of carbonyl (C=O) groups excluding carboxylic acids is 2. The molecule has 0 unspecified atom stereocenters. The van der Waals surface area contributed by atoms with Crippen molar-refractivity contribution >= 4 is 17.5 Å². The van der Waals surface area contributed by atoms with Gasteiger partial charge in [-0.2, -0.15) is 0 Å². The Labute approximate surface area is 158 Å². The molecule has 7 nitrogen and oxygen atoms in total. The number of fused-ring (bicyclic) bond motifs is 1. The van der Waals surface area contributed by atoms with E-state index in [-0.39, 0.29) is 18.0 Å². The van der Waals surface area contributed by atoms with Gasteiger partial charge < -0.3 is 14.4 Å². The number of carbonyl (C=O) groups is 2. The van der Waals surface area contributed by atoms with Gasteiger partial charge in [0.15, 0.2) is 0 Å². The Morgan fingerprint density at radius 1 is 1.07 bits per heavy atom. The first-order valence-corrected chi connectivity index (χ1v) is 8.76. The quantitative estimate of drug-likeness (QED) is 0.787. The second kappa shape index (κ2) is 8.44. The molecular weight excluding hydrogens is 346 g/mol. The average Bonchev–Trinajstić information content (AvgIpc) is 2.71. The summed E-state index contributed by atoms with van der Waals surface area (Å²) < 4.78 is 10.3. The lowest BCUT2D eigenvalue weighted by Gasteiger charge is -2.30. The molecule has 0 saturated carbocycles. The number of aryl methyl sites for hydroxylation is 1. The summed E-state index contributed by atoms with van der Waals surface area (Å²) in [6.07, 6.45) is 2.01. The number of nitrogens with one attached hydrogen (secondary N) is 2. The molecule has 3 rings (SSSR count). The molecule has 1 aliphatic heterocycles. The highest BCUT2D eigenvalue weighted by Gasteiger charge is 2.19. The second-order valence-electron chi connectivity index (χ2n) is 6.22. The molecular formula is C20H23N3O4. The van der Waals surface area contributed by atoms with Gasteiger partial charge in [-0.3, -0.25) is 20.4 Å². The van der Waals surface area contributed by atoms with Crippen molar-refractivity contribution in [1.29, 1.82) is 0 Å². The molecule has 0 spiro atoms. The average molecular weight is 369 g/mol. The smallest absolute Gasteiger partial charge is 0.273 e. The van der Waals surface area contributed by atoms with Crippen molar-refractivity contribution in [2.24, 2.45) is 0 Å². The van der Waals surface area contributed by atoms with Crippen LogP contribution in [-0.4, -0.2) is 39.1 Å². The molecule has 1 heterocycles. The number of para-hydroxylation sites is 1. The molecule has 2 aromatic carbocycles. The standard InChI is InChI=1S/C20H23N3O4/c1-26-15-9-10-18(27-2)16(12-15)20(25)22-21-19(24)13-23-11-5-7-14-6-3-4-8-17(14)23/h3-4,6,8-10,12H,5,7,11,13H2,1-2H3,(H,21,24)(H,22,25). The van der Waals surface area contributed by atoms with Gasteiger partial charge in [0.2, 0.25) is 0 Å². The Bertz CT molecular complexity index is 838. The first-order valence-electron chi connectivity index (χ1n) is 8.76. The topological polar surface area (TPSA) is 79.9 Å². The largest absolute Gasteiger partial charge is 0.497 e. The van der Waals surface area contributed by atoms with Crippen LogP contribution in [0.5, 0.6) is 11.5 Å². The van der Waals surface area contributed by atoms with Gasteiger partial charge in [0.25, 0.3) is 11.8 Å². The molecule has 2 N–H and O–H groups in total. The monoisotopic (exact) mass is 369 g/mol. The highest BCUT2D eigenvalue weighted by atomic mass is 16.5. The Morgan fingerprint density at radius 3 is 2.67 bits per heavy atom. The zero-order valence-electron chi connectivity index (χ0n) is 15.5. The van der Waals surface area contributed by atoms with Crippen LogP contribution in [0.2, 0.25) is 0 Å². The number of amides is 2. The van der Waals surface area contributed by atoms with Crippen LogP contribution in [0.3, 0.4) is 0 Å². The van der Waals surface area contributed by atoms with E-state index in [1.165, 1.54) is 19.8 Å². The predicted octanol–water partition coefficient (Wildman–Crippen LogP) is 1.92. The molecule has 0 aliphatic carbocycles. The van der Waals surface area contributed by atoms with E-state index < -0.39 is 5.91 Å². The minimum atomic E-state index is -0.474. The van der Waals surface area contributed by atoms with Gasteiger partial charge in [-0.05, 0) is 42.7 Å². The van der Waals surface area contributed by atoms with Crippen molar-refractivity contribution in [3.05, 3.63) is 53.6 Å². The van der Waals surface area contributed by atoms with E-state index in [1.807, 2.05) is 23.1 Å². The normalized spacial score (nSPS) is 12.7. The highest BCUT2D eigenvalue weighted by molar-refractivity contribution is 5.98. The molecule has 27 heavy (non-hydrogen) atoms. The van der Waals surface area contributed by atoms with E-state index in [1.54, 1.807) is 18.2 Å². The van der Waals surface area contributed by atoms with Gasteiger partial charge in [0.05, 0.1) is 26.3 Å². The summed E-state index contributed by atoms with van der Waals surface area (Å²) in [7, 11) is 2.99. The van der Waals surface area contributed by atoms with Gasteiger partial charge in [-0.25, -0.2) is 0 Å². The van der Waals surface area contributed by atoms with E-state index in [0.717, 1.165) is 25.1 Å². The summed E-state index contributed by atoms with van der Waals surface area (Å²) in [5.41, 5.74) is 7.49. The number of hydrazine groups is 1. The third kappa shape index (κ3) is 4.31. The summed E-state index contributed by atoms with van der Waals surface area (Å²) in [6, 6.07) is 13.0. The number of rotatable bonds is 5. The van der Waals surface area contributed by atoms with Gasteiger partial charge in [-0.1, -0.05) is 18.2 Å². The first kappa shape index (κ1) is 18.6. The van der Waals surface area contributed by atoms with Crippen LogP contribution in [0.1, 0.15) is 22.3 Å². The van der Waals surface area contributed by atoms with Crippen LogP contribution in [-0.2, 0) is 11.2 Å². The lowest BCUT2D eigenvalue weighted by Crippen LogP contribution is -2.47. The van der Waals surface area contributed by atoms with E-state index in [9.17, 15) is 9.59 Å². The molecule has 142 valence electrons. The van der Waals surface area contributed by atoms with Crippen molar-refractivity contribution < 1.29 is 19.1 Å². The number of anilines is 1. The molecule has 2 aromatic rings. The minimum absolute atomic E-state index is 0.173. The fourth-order valence-electron chi connectivity index (χ4n) is 3.17. The molecule has 1 aliphatic rings. The molecule has 0 saturated heterocycles. The molecule has 0 fully saturated rings. The van der Waals surface area contributed by atoms with Crippen LogP contribution in [0.15, 0.2) is 42.5 Å². The Hall–Kier alpha value is -3.22.